The molecule has 1 heterocycles. The fraction of sp³-hybridized carbons (Fsp3) is 0.583. The highest BCUT2D eigenvalue weighted by molar-refractivity contribution is 5.69. The fourth-order valence-electron chi connectivity index (χ4n) is 1.57. The van der Waals surface area contributed by atoms with E-state index in [0.717, 1.165) is 18.7 Å². The molecule has 0 bridgehead atoms. The Balaban J connectivity index is 2.86. The lowest BCUT2D eigenvalue weighted by atomic mass is 10.2. The molecular weight excluding hydrogens is 234 g/mol. The number of hydrogen-bond acceptors (Lipinski definition) is 4. The maximum atomic E-state index is 11.8. The first kappa shape index (κ1) is 14.2. The summed E-state index contributed by atoms with van der Waals surface area (Å²) in [4.78, 5) is 24.5. The smallest absolute Gasteiger partial charge is 0.308 e. The number of hydrogen-bond donors (Lipinski definition) is 1. The van der Waals surface area contributed by atoms with Gasteiger partial charge in [-0.25, -0.2) is 4.68 Å². The molecule has 0 fully saturated rings. The molecule has 0 saturated carbocycles. The molecular formula is C12H19N3O3. The van der Waals surface area contributed by atoms with E-state index < -0.39 is 11.9 Å². The summed E-state index contributed by atoms with van der Waals surface area (Å²) >= 11 is 0. The van der Waals surface area contributed by atoms with Crippen molar-refractivity contribution >= 4 is 11.7 Å². The molecule has 6 nitrogen and oxygen atoms in total. The molecule has 1 aromatic heterocycles. The molecule has 0 saturated heterocycles. The van der Waals surface area contributed by atoms with Crippen LogP contribution in [0.1, 0.15) is 20.3 Å². The van der Waals surface area contributed by atoms with Gasteiger partial charge in [0.25, 0.3) is 5.56 Å². The highest BCUT2D eigenvalue weighted by Gasteiger charge is 2.13. The molecule has 0 spiro atoms. The number of rotatable bonds is 6. The number of aliphatic carboxylic acids is 1. The molecule has 1 rings (SSSR count). The molecule has 0 amide bonds. The van der Waals surface area contributed by atoms with Crippen molar-refractivity contribution in [3.63, 3.8) is 0 Å². The van der Waals surface area contributed by atoms with Crippen LogP contribution in [0.4, 0.5) is 5.69 Å². The van der Waals surface area contributed by atoms with Crippen LogP contribution in [0.25, 0.3) is 0 Å². The Morgan fingerprint density at radius 1 is 1.61 bits per heavy atom. The first-order valence-electron chi connectivity index (χ1n) is 5.96. The fourth-order valence-corrected chi connectivity index (χ4v) is 1.57. The van der Waals surface area contributed by atoms with Gasteiger partial charge in [0.1, 0.15) is 0 Å². The molecule has 1 N–H and O–H groups in total. The van der Waals surface area contributed by atoms with E-state index in [1.807, 2.05) is 11.9 Å². The van der Waals surface area contributed by atoms with Crippen LogP contribution in [0.15, 0.2) is 17.1 Å². The summed E-state index contributed by atoms with van der Waals surface area (Å²) in [6.07, 6.45) is 2.57. The first-order chi connectivity index (χ1) is 8.45. The minimum Gasteiger partial charge on any atom is -0.481 e. The van der Waals surface area contributed by atoms with E-state index in [0.29, 0.717) is 0 Å². The van der Waals surface area contributed by atoms with Gasteiger partial charge in [-0.15, -0.1) is 0 Å². The van der Waals surface area contributed by atoms with Gasteiger partial charge in [0.05, 0.1) is 24.3 Å². The third kappa shape index (κ3) is 3.58. The topological polar surface area (TPSA) is 75.4 Å². The maximum Gasteiger partial charge on any atom is 0.308 e. The highest BCUT2D eigenvalue weighted by atomic mass is 16.4. The van der Waals surface area contributed by atoms with Gasteiger partial charge in [-0.3, -0.25) is 9.59 Å². The number of carboxylic acid groups (broad SMARTS) is 1. The van der Waals surface area contributed by atoms with Gasteiger partial charge in [-0.1, -0.05) is 13.8 Å². The average molecular weight is 253 g/mol. The third-order valence-electron chi connectivity index (χ3n) is 2.72. The molecule has 0 aromatic carbocycles. The van der Waals surface area contributed by atoms with Crippen molar-refractivity contribution in [1.29, 1.82) is 0 Å². The second kappa shape index (κ2) is 6.18. The zero-order valence-electron chi connectivity index (χ0n) is 11.0. The van der Waals surface area contributed by atoms with Gasteiger partial charge in [0.2, 0.25) is 0 Å². The molecule has 6 heteroatoms. The van der Waals surface area contributed by atoms with E-state index in [2.05, 4.69) is 12.0 Å². The van der Waals surface area contributed by atoms with Crippen LogP contribution < -0.4 is 10.5 Å². The van der Waals surface area contributed by atoms with Gasteiger partial charge in [-0.2, -0.15) is 5.10 Å². The van der Waals surface area contributed by atoms with Crippen LogP contribution in [0.2, 0.25) is 0 Å². The van der Waals surface area contributed by atoms with Crippen molar-refractivity contribution < 1.29 is 9.90 Å². The van der Waals surface area contributed by atoms with E-state index in [-0.39, 0.29) is 12.1 Å². The Labute approximate surface area is 106 Å². The van der Waals surface area contributed by atoms with Crippen LogP contribution in [0, 0.1) is 5.92 Å². The summed E-state index contributed by atoms with van der Waals surface area (Å²) in [7, 11) is 1.89. The lowest BCUT2D eigenvalue weighted by Crippen LogP contribution is -2.29. The Morgan fingerprint density at radius 2 is 2.28 bits per heavy atom. The van der Waals surface area contributed by atoms with Crippen molar-refractivity contribution in [3.05, 3.63) is 22.6 Å². The maximum absolute atomic E-state index is 11.8. The van der Waals surface area contributed by atoms with E-state index in [4.69, 9.17) is 5.11 Å². The Hall–Kier alpha value is -1.85. The Kier molecular flexibility index (Phi) is 4.88. The van der Waals surface area contributed by atoms with Gasteiger partial charge in [0.15, 0.2) is 0 Å². The summed E-state index contributed by atoms with van der Waals surface area (Å²) in [5.74, 6) is -1.56. The SMILES string of the molecule is CCCN(C)c1cnn(CC(C)C(=O)O)c(=O)c1. The minimum absolute atomic E-state index is 0.0892. The molecule has 1 aromatic rings. The second-order valence-corrected chi connectivity index (χ2v) is 4.39. The minimum atomic E-state index is -0.934. The monoisotopic (exact) mass is 253 g/mol. The van der Waals surface area contributed by atoms with Crippen molar-refractivity contribution in [2.75, 3.05) is 18.5 Å². The number of anilines is 1. The van der Waals surface area contributed by atoms with Crippen LogP contribution in [-0.4, -0.2) is 34.4 Å². The van der Waals surface area contributed by atoms with Gasteiger partial charge in [-0.05, 0) is 6.42 Å². The lowest BCUT2D eigenvalue weighted by Gasteiger charge is -2.18. The van der Waals surface area contributed by atoms with Crippen LogP contribution in [0.5, 0.6) is 0 Å². The summed E-state index contributed by atoms with van der Waals surface area (Å²) in [5, 5.41) is 12.8. The van der Waals surface area contributed by atoms with Crippen LogP contribution in [-0.2, 0) is 11.3 Å². The number of carboxylic acids is 1. The van der Waals surface area contributed by atoms with Crippen molar-refractivity contribution in [3.8, 4) is 0 Å². The Morgan fingerprint density at radius 3 is 2.78 bits per heavy atom. The molecule has 1 atom stereocenters. The molecule has 0 aliphatic heterocycles. The second-order valence-electron chi connectivity index (χ2n) is 4.39. The lowest BCUT2D eigenvalue weighted by molar-refractivity contribution is -0.141. The summed E-state index contributed by atoms with van der Waals surface area (Å²) in [6, 6.07) is 1.48. The molecule has 100 valence electrons. The van der Waals surface area contributed by atoms with Gasteiger partial charge in [0, 0.05) is 19.7 Å². The van der Waals surface area contributed by atoms with Gasteiger partial charge < -0.3 is 10.0 Å². The first-order valence-corrected chi connectivity index (χ1v) is 5.96. The molecule has 0 aliphatic rings. The molecule has 1 unspecified atom stereocenters. The van der Waals surface area contributed by atoms with E-state index in [1.165, 1.54) is 10.7 Å². The quantitative estimate of drug-likeness (QED) is 0.812. The zero-order chi connectivity index (χ0) is 13.7. The average Bonchev–Trinajstić information content (AvgIpc) is 2.31. The summed E-state index contributed by atoms with van der Waals surface area (Å²) in [5.41, 5.74) is 0.477. The zero-order valence-corrected chi connectivity index (χ0v) is 11.0. The number of carbonyl (C=O) groups is 1. The third-order valence-corrected chi connectivity index (χ3v) is 2.72. The molecule has 0 radical (unpaired) electrons. The van der Waals surface area contributed by atoms with Gasteiger partial charge >= 0.3 is 5.97 Å². The van der Waals surface area contributed by atoms with Crippen molar-refractivity contribution in [2.24, 2.45) is 5.92 Å². The summed E-state index contributed by atoms with van der Waals surface area (Å²) in [6.45, 7) is 4.54. The predicted octanol–water partition coefficient (Wildman–Crippen LogP) is 0.810. The highest BCUT2D eigenvalue weighted by Crippen LogP contribution is 2.07. The van der Waals surface area contributed by atoms with Crippen molar-refractivity contribution in [1.82, 2.24) is 9.78 Å². The van der Waals surface area contributed by atoms with E-state index >= 15 is 0 Å². The standard InChI is InChI=1S/C12H19N3O3/c1-4-5-14(3)10-6-11(16)15(13-7-10)8-9(2)12(17)18/h6-7,9H,4-5,8H2,1-3H3,(H,17,18). The molecule has 18 heavy (non-hydrogen) atoms. The van der Waals surface area contributed by atoms with Crippen molar-refractivity contribution in [2.45, 2.75) is 26.8 Å². The number of nitrogens with zero attached hydrogens (tertiary/aromatic N) is 3. The van der Waals surface area contributed by atoms with Crippen LogP contribution >= 0.6 is 0 Å². The predicted molar refractivity (Wildman–Crippen MR) is 68.9 cm³/mol. The van der Waals surface area contributed by atoms with Crippen LogP contribution in [0.3, 0.4) is 0 Å². The van der Waals surface area contributed by atoms with E-state index in [1.54, 1.807) is 13.1 Å². The molecule has 0 aliphatic carbocycles. The summed E-state index contributed by atoms with van der Waals surface area (Å²) < 4.78 is 1.18. The number of aromatic nitrogens is 2. The Bertz CT molecular complexity index is 470. The van der Waals surface area contributed by atoms with E-state index in [9.17, 15) is 9.59 Å². The normalized spacial score (nSPS) is 12.2. The largest absolute Gasteiger partial charge is 0.481 e.